The van der Waals surface area contributed by atoms with Gasteiger partial charge in [-0.1, -0.05) is 0 Å². The Balaban J connectivity index is 2.24. The topological polar surface area (TPSA) is 68.7 Å². The first-order valence-electron chi connectivity index (χ1n) is 6.23. The molecule has 2 rings (SSSR count). The van der Waals surface area contributed by atoms with E-state index < -0.39 is 0 Å². The summed E-state index contributed by atoms with van der Waals surface area (Å²) >= 11 is 0. The SMILES string of the molecule is CCN(CCOC)C(=O)c1cc2cc(N)ccc2o1. The molecule has 19 heavy (non-hydrogen) atoms. The van der Waals surface area contributed by atoms with Gasteiger partial charge in [0.15, 0.2) is 5.76 Å². The second-order valence-corrected chi connectivity index (χ2v) is 4.29. The third kappa shape index (κ3) is 2.88. The van der Waals surface area contributed by atoms with Crippen LogP contribution in [0.1, 0.15) is 17.5 Å². The number of nitrogens with zero attached hydrogens (tertiary/aromatic N) is 1. The van der Waals surface area contributed by atoms with Crippen LogP contribution in [0.4, 0.5) is 5.69 Å². The Labute approximate surface area is 111 Å². The van der Waals surface area contributed by atoms with Crippen LogP contribution in [0.25, 0.3) is 11.0 Å². The number of nitrogens with two attached hydrogens (primary N) is 1. The highest BCUT2D eigenvalue weighted by Crippen LogP contribution is 2.22. The number of anilines is 1. The molecule has 2 aromatic rings. The smallest absolute Gasteiger partial charge is 0.289 e. The van der Waals surface area contributed by atoms with E-state index in [9.17, 15) is 4.79 Å². The number of amides is 1. The van der Waals surface area contributed by atoms with Crippen molar-refractivity contribution in [2.45, 2.75) is 6.92 Å². The molecule has 0 atom stereocenters. The Morgan fingerprint density at radius 2 is 2.21 bits per heavy atom. The van der Waals surface area contributed by atoms with Crippen molar-refractivity contribution in [1.29, 1.82) is 0 Å². The lowest BCUT2D eigenvalue weighted by Crippen LogP contribution is -2.33. The Morgan fingerprint density at radius 1 is 1.42 bits per heavy atom. The van der Waals surface area contributed by atoms with Crippen molar-refractivity contribution in [3.05, 3.63) is 30.0 Å². The molecule has 1 aromatic carbocycles. The number of nitrogen functional groups attached to an aromatic ring is 1. The number of furan rings is 1. The minimum absolute atomic E-state index is 0.130. The van der Waals surface area contributed by atoms with Gasteiger partial charge in [0.05, 0.1) is 6.61 Å². The number of likely N-dealkylation sites (N-methyl/N-ethyl adjacent to an activating group) is 1. The summed E-state index contributed by atoms with van der Waals surface area (Å²) in [5, 5.41) is 0.839. The molecule has 0 aliphatic heterocycles. The monoisotopic (exact) mass is 262 g/mol. The zero-order valence-corrected chi connectivity index (χ0v) is 11.2. The number of carbonyl (C=O) groups excluding carboxylic acids is 1. The lowest BCUT2D eigenvalue weighted by molar-refractivity contribution is 0.0678. The molecular formula is C14H18N2O3. The van der Waals surface area contributed by atoms with E-state index in [0.29, 0.717) is 36.7 Å². The van der Waals surface area contributed by atoms with Crippen molar-refractivity contribution < 1.29 is 13.9 Å². The van der Waals surface area contributed by atoms with Crippen LogP contribution >= 0.6 is 0 Å². The van der Waals surface area contributed by atoms with E-state index in [2.05, 4.69) is 0 Å². The molecule has 0 aliphatic rings. The van der Waals surface area contributed by atoms with Crippen molar-refractivity contribution in [2.75, 3.05) is 32.5 Å². The molecule has 0 aliphatic carbocycles. The lowest BCUT2D eigenvalue weighted by Gasteiger charge is -2.18. The summed E-state index contributed by atoms with van der Waals surface area (Å²) in [6.45, 7) is 3.59. The van der Waals surface area contributed by atoms with Gasteiger partial charge in [-0.15, -0.1) is 0 Å². The van der Waals surface area contributed by atoms with Crippen molar-refractivity contribution in [3.8, 4) is 0 Å². The van der Waals surface area contributed by atoms with Crippen LogP contribution in [0.5, 0.6) is 0 Å². The second kappa shape index (κ2) is 5.75. The molecule has 2 N–H and O–H groups in total. The van der Waals surface area contributed by atoms with E-state index in [4.69, 9.17) is 14.9 Å². The van der Waals surface area contributed by atoms with E-state index in [-0.39, 0.29) is 5.91 Å². The van der Waals surface area contributed by atoms with Gasteiger partial charge in [-0.3, -0.25) is 4.79 Å². The van der Waals surface area contributed by atoms with Crippen LogP contribution in [0, 0.1) is 0 Å². The number of methoxy groups -OCH3 is 1. The molecule has 5 nitrogen and oxygen atoms in total. The Morgan fingerprint density at radius 3 is 2.89 bits per heavy atom. The van der Waals surface area contributed by atoms with Gasteiger partial charge in [-0.05, 0) is 31.2 Å². The number of hydrogen-bond donors (Lipinski definition) is 1. The average molecular weight is 262 g/mol. The van der Waals surface area contributed by atoms with Crippen LogP contribution in [-0.2, 0) is 4.74 Å². The largest absolute Gasteiger partial charge is 0.451 e. The van der Waals surface area contributed by atoms with E-state index in [0.717, 1.165) is 5.39 Å². The fraction of sp³-hybridized carbons (Fsp3) is 0.357. The first-order chi connectivity index (χ1) is 9.15. The summed E-state index contributed by atoms with van der Waals surface area (Å²) in [4.78, 5) is 14.0. The lowest BCUT2D eigenvalue weighted by atomic mass is 10.2. The number of ether oxygens (including phenoxy) is 1. The molecule has 1 heterocycles. The normalized spacial score (nSPS) is 10.8. The number of benzene rings is 1. The van der Waals surface area contributed by atoms with Crippen molar-refractivity contribution >= 4 is 22.6 Å². The predicted octanol–water partition coefficient (Wildman–Crippen LogP) is 2.12. The highest BCUT2D eigenvalue weighted by molar-refractivity contribution is 5.96. The van der Waals surface area contributed by atoms with Gasteiger partial charge in [0, 0.05) is 31.3 Å². The molecule has 1 amide bonds. The summed E-state index contributed by atoms with van der Waals surface area (Å²) in [7, 11) is 1.61. The van der Waals surface area contributed by atoms with Gasteiger partial charge in [0.1, 0.15) is 5.58 Å². The van der Waals surface area contributed by atoms with Gasteiger partial charge in [-0.25, -0.2) is 0 Å². The molecule has 0 radical (unpaired) electrons. The maximum Gasteiger partial charge on any atom is 0.289 e. The fourth-order valence-electron chi connectivity index (χ4n) is 1.93. The Kier molecular flexibility index (Phi) is 4.06. The fourth-order valence-corrected chi connectivity index (χ4v) is 1.93. The second-order valence-electron chi connectivity index (χ2n) is 4.29. The van der Waals surface area contributed by atoms with Crippen LogP contribution < -0.4 is 5.73 Å². The molecule has 0 saturated carbocycles. The molecule has 102 valence electrons. The average Bonchev–Trinajstić information content (AvgIpc) is 2.82. The molecule has 1 aromatic heterocycles. The van der Waals surface area contributed by atoms with Gasteiger partial charge in [0.2, 0.25) is 0 Å². The van der Waals surface area contributed by atoms with E-state index in [1.807, 2.05) is 6.92 Å². The van der Waals surface area contributed by atoms with Crippen LogP contribution in [0.15, 0.2) is 28.7 Å². The standard InChI is InChI=1S/C14H18N2O3/c1-3-16(6-7-18-2)14(17)13-9-10-8-11(15)4-5-12(10)19-13/h4-5,8-9H,3,6-7,15H2,1-2H3. The van der Waals surface area contributed by atoms with Crippen LogP contribution in [0.2, 0.25) is 0 Å². The molecular weight excluding hydrogens is 244 g/mol. The summed E-state index contributed by atoms with van der Waals surface area (Å²) in [5.74, 6) is 0.202. The molecule has 0 saturated heterocycles. The van der Waals surface area contributed by atoms with E-state index >= 15 is 0 Å². The molecule has 5 heteroatoms. The van der Waals surface area contributed by atoms with Crippen molar-refractivity contribution in [2.24, 2.45) is 0 Å². The maximum atomic E-state index is 12.3. The predicted molar refractivity (Wildman–Crippen MR) is 74.1 cm³/mol. The number of fused-ring (bicyclic) bond motifs is 1. The van der Waals surface area contributed by atoms with Gasteiger partial charge >= 0.3 is 0 Å². The number of rotatable bonds is 5. The summed E-state index contributed by atoms with van der Waals surface area (Å²) in [5.41, 5.74) is 7.03. The van der Waals surface area contributed by atoms with Crippen molar-refractivity contribution in [1.82, 2.24) is 4.90 Å². The Hall–Kier alpha value is -2.01. The number of carbonyl (C=O) groups is 1. The first kappa shape index (κ1) is 13.4. The third-order valence-electron chi connectivity index (χ3n) is 2.99. The van der Waals surface area contributed by atoms with Gasteiger partial charge in [0.25, 0.3) is 5.91 Å². The third-order valence-corrected chi connectivity index (χ3v) is 2.99. The molecule has 0 bridgehead atoms. The summed E-state index contributed by atoms with van der Waals surface area (Å²) in [6, 6.07) is 7.04. The van der Waals surface area contributed by atoms with Gasteiger partial charge in [-0.2, -0.15) is 0 Å². The summed E-state index contributed by atoms with van der Waals surface area (Å²) < 4.78 is 10.6. The summed E-state index contributed by atoms with van der Waals surface area (Å²) in [6.07, 6.45) is 0. The van der Waals surface area contributed by atoms with E-state index in [1.54, 1.807) is 36.3 Å². The number of hydrogen-bond acceptors (Lipinski definition) is 4. The molecule has 0 unspecified atom stereocenters. The highest BCUT2D eigenvalue weighted by Gasteiger charge is 2.18. The zero-order chi connectivity index (χ0) is 13.8. The highest BCUT2D eigenvalue weighted by atomic mass is 16.5. The maximum absolute atomic E-state index is 12.3. The Bertz CT molecular complexity index is 577. The van der Waals surface area contributed by atoms with Crippen molar-refractivity contribution in [3.63, 3.8) is 0 Å². The molecule has 0 fully saturated rings. The minimum atomic E-state index is -0.130. The van der Waals surface area contributed by atoms with E-state index in [1.165, 1.54) is 0 Å². The van der Waals surface area contributed by atoms with Crippen LogP contribution in [-0.4, -0.2) is 37.6 Å². The zero-order valence-electron chi connectivity index (χ0n) is 11.2. The minimum Gasteiger partial charge on any atom is -0.451 e. The van der Waals surface area contributed by atoms with Gasteiger partial charge < -0.3 is 19.8 Å². The first-order valence-corrected chi connectivity index (χ1v) is 6.23. The quantitative estimate of drug-likeness (QED) is 0.838. The van der Waals surface area contributed by atoms with Crippen LogP contribution in [0.3, 0.4) is 0 Å². The molecule has 0 spiro atoms.